The molecular formula is C21H35N3O3. The number of rotatable bonds is 11. The molecular weight excluding hydrogens is 342 g/mol. The number of nitrogens with zero attached hydrogens (tertiary/aromatic N) is 1. The molecule has 1 aromatic rings. The Bertz CT molecular complexity index is 542. The Morgan fingerprint density at radius 3 is 2.81 bits per heavy atom. The van der Waals surface area contributed by atoms with Crippen LogP contribution in [0.15, 0.2) is 29.3 Å². The van der Waals surface area contributed by atoms with Crippen molar-refractivity contribution in [1.29, 1.82) is 0 Å². The van der Waals surface area contributed by atoms with Crippen molar-refractivity contribution in [2.24, 2.45) is 4.99 Å². The van der Waals surface area contributed by atoms with E-state index in [0.717, 1.165) is 57.3 Å². The molecule has 0 aromatic heterocycles. The van der Waals surface area contributed by atoms with E-state index in [1.165, 1.54) is 5.56 Å². The summed E-state index contributed by atoms with van der Waals surface area (Å²) in [6, 6.07) is 8.10. The minimum Gasteiger partial charge on any atom is -0.489 e. The first kappa shape index (κ1) is 21.5. The fraction of sp³-hybridized carbons (Fsp3) is 0.667. The van der Waals surface area contributed by atoms with Crippen molar-refractivity contribution in [2.75, 3.05) is 39.5 Å². The zero-order valence-corrected chi connectivity index (χ0v) is 17.0. The van der Waals surface area contributed by atoms with Crippen LogP contribution in [-0.2, 0) is 9.47 Å². The first-order chi connectivity index (χ1) is 13.2. The molecule has 0 aliphatic carbocycles. The van der Waals surface area contributed by atoms with Crippen LogP contribution in [0.2, 0.25) is 0 Å². The molecule has 1 aromatic carbocycles. The van der Waals surface area contributed by atoms with Crippen LogP contribution in [0.1, 0.15) is 38.7 Å². The molecule has 6 nitrogen and oxygen atoms in total. The molecule has 152 valence electrons. The van der Waals surface area contributed by atoms with Gasteiger partial charge in [0, 0.05) is 26.3 Å². The van der Waals surface area contributed by atoms with Gasteiger partial charge in [-0.3, -0.25) is 0 Å². The van der Waals surface area contributed by atoms with Crippen LogP contribution in [0, 0.1) is 6.92 Å². The van der Waals surface area contributed by atoms with Gasteiger partial charge in [0.1, 0.15) is 11.9 Å². The molecule has 6 heteroatoms. The van der Waals surface area contributed by atoms with E-state index in [4.69, 9.17) is 14.2 Å². The molecule has 2 N–H and O–H groups in total. The number of benzene rings is 1. The van der Waals surface area contributed by atoms with Gasteiger partial charge in [-0.2, -0.15) is 0 Å². The van der Waals surface area contributed by atoms with E-state index in [0.29, 0.717) is 19.3 Å². The third-order valence-corrected chi connectivity index (χ3v) is 4.29. The minimum atomic E-state index is 0.0120. The summed E-state index contributed by atoms with van der Waals surface area (Å²) in [4.78, 5) is 4.62. The molecule has 2 rings (SSSR count). The Morgan fingerprint density at radius 1 is 1.30 bits per heavy atom. The smallest absolute Gasteiger partial charge is 0.191 e. The van der Waals surface area contributed by atoms with E-state index in [9.17, 15) is 0 Å². The largest absolute Gasteiger partial charge is 0.489 e. The Kier molecular flexibility index (Phi) is 10.0. The van der Waals surface area contributed by atoms with Crippen LogP contribution < -0.4 is 15.4 Å². The first-order valence-electron chi connectivity index (χ1n) is 10.1. The summed E-state index contributed by atoms with van der Waals surface area (Å²) in [6.07, 6.45) is 3.53. The predicted octanol–water partition coefficient (Wildman–Crippen LogP) is 2.90. The highest BCUT2D eigenvalue weighted by atomic mass is 16.5. The molecule has 0 radical (unpaired) electrons. The Balaban J connectivity index is 1.62. The Hall–Kier alpha value is -1.79. The average Bonchev–Trinajstić information content (AvgIpc) is 3.18. The van der Waals surface area contributed by atoms with Gasteiger partial charge >= 0.3 is 0 Å². The minimum absolute atomic E-state index is 0.0120. The van der Waals surface area contributed by atoms with Crippen LogP contribution in [0.4, 0.5) is 0 Å². The second kappa shape index (κ2) is 12.6. The SMILES string of the molecule is CCNC(=NCC(C)Oc1ccc(C)cc1)NCCCOCC1CCCO1. The van der Waals surface area contributed by atoms with E-state index >= 15 is 0 Å². The Labute approximate surface area is 163 Å². The number of hydrogen-bond acceptors (Lipinski definition) is 4. The van der Waals surface area contributed by atoms with E-state index in [-0.39, 0.29) is 6.10 Å². The monoisotopic (exact) mass is 377 g/mol. The fourth-order valence-electron chi connectivity index (χ4n) is 2.82. The van der Waals surface area contributed by atoms with Gasteiger partial charge in [-0.1, -0.05) is 17.7 Å². The van der Waals surface area contributed by atoms with E-state index in [1.807, 2.05) is 19.1 Å². The molecule has 1 aliphatic rings. The third kappa shape index (κ3) is 9.11. The summed E-state index contributed by atoms with van der Waals surface area (Å²) in [5.41, 5.74) is 1.23. The molecule has 1 aliphatic heterocycles. The van der Waals surface area contributed by atoms with Gasteiger partial charge in [0.25, 0.3) is 0 Å². The summed E-state index contributed by atoms with van der Waals surface area (Å²) >= 11 is 0. The van der Waals surface area contributed by atoms with Gasteiger partial charge in [-0.25, -0.2) is 4.99 Å². The molecule has 0 spiro atoms. The standard InChI is InChI=1S/C21H35N3O3/c1-4-22-21(23-12-6-13-25-16-20-7-5-14-26-20)24-15-18(3)27-19-10-8-17(2)9-11-19/h8-11,18,20H,4-7,12-16H2,1-3H3,(H2,22,23,24). The van der Waals surface area contributed by atoms with Crippen molar-refractivity contribution in [3.63, 3.8) is 0 Å². The molecule has 1 fully saturated rings. The summed E-state index contributed by atoms with van der Waals surface area (Å²) in [5.74, 6) is 1.70. The number of aliphatic imine (C=N–C) groups is 1. The third-order valence-electron chi connectivity index (χ3n) is 4.29. The van der Waals surface area contributed by atoms with Crippen LogP contribution in [0.25, 0.3) is 0 Å². The second-order valence-electron chi connectivity index (χ2n) is 6.95. The molecule has 1 saturated heterocycles. The summed E-state index contributed by atoms with van der Waals surface area (Å²) < 4.78 is 17.1. The van der Waals surface area contributed by atoms with Crippen molar-refractivity contribution in [3.8, 4) is 5.75 Å². The molecule has 0 saturated carbocycles. The second-order valence-corrected chi connectivity index (χ2v) is 6.95. The lowest BCUT2D eigenvalue weighted by Crippen LogP contribution is -2.38. The van der Waals surface area contributed by atoms with Gasteiger partial charge in [0.15, 0.2) is 5.96 Å². The van der Waals surface area contributed by atoms with Crippen LogP contribution in [0.5, 0.6) is 5.75 Å². The topological polar surface area (TPSA) is 64.1 Å². The number of hydrogen-bond donors (Lipinski definition) is 2. The first-order valence-corrected chi connectivity index (χ1v) is 10.1. The van der Waals surface area contributed by atoms with Gasteiger partial charge < -0.3 is 24.8 Å². The number of ether oxygens (including phenoxy) is 3. The summed E-state index contributed by atoms with van der Waals surface area (Å²) in [5, 5.41) is 6.62. The zero-order valence-electron chi connectivity index (χ0n) is 17.0. The summed E-state index contributed by atoms with van der Waals surface area (Å²) in [6.45, 7) is 10.7. The number of guanidine groups is 1. The zero-order chi connectivity index (χ0) is 19.3. The molecule has 27 heavy (non-hydrogen) atoms. The molecule has 0 bridgehead atoms. The van der Waals surface area contributed by atoms with Gasteiger partial charge in [-0.15, -0.1) is 0 Å². The van der Waals surface area contributed by atoms with Crippen LogP contribution in [0.3, 0.4) is 0 Å². The lowest BCUT2D eigenvalue weighted by Gasteiger charge is -2.15. The van der Waals surface area contributed by atoms with Crippen molar-refractivity contribution in [1.82, 2.24) is 10.6 Å². The van der Waals surface area contributed by atoms with Crippen molar-refractivity contribution < 1.29 is 14.2 Å². The Morgan fingerprint density at radius 2 is 2.11 bits per heavy atom. The van der Waals surface area contributed by atoms with Gasteiger partial charge in [0.2, 0.25) is 0 Å². The number of aryl methyl sites for hydroxylation is 1. The normalized spacial score (nSPS) is 18.3. The highest BCUT2D eigenvalue weighted by Gasteiger charge is 2.14. The quantitative estimate of drug-likeness (QED) is 0.353. The van der Waals surface area contributed by atoms with E-state index in [2.05, 4.69) is 41.6 Å². The fourth-order valence-corrected chi connectivity index (χ4v) is 2.82. The highest BCUT2D eigenvalue weighted by molar-refractivity contribution is 5.79. The summed E-state index contributed by atoms with van der Waals surface area (Å²) in [7, 11) is 0. The lowest BCUT2D eigenvalue weighted by molar-refractivity contribution is 0.0168. The predicted molar refractivity (Wildman–Crippen MR) is 110 cm³/mol. The van der Waals surface area contributed by atoms with Crippen molar-refractivity contribution in [3.05, 3.63) is 29.8 Å². The maximum absolute atomic E-state index is 5.91. The maximum atomic E-state index is 5.91. The van der Waals surface area contributed by atoms with Crippen LogP contribution >= 0.6 is 0 Å². The van der Waals surface area contributed by atoms with E-state index < -0.39 is 0 Å². The maximum Gasteiger partial charge on any atom is 0.191 e. The van der Waals surface area contributed by atoms with Crippen molar-refractivity contribution >= 4 is 5.96 Å². The van der Waals surface area contributed by atoms with E-state index in [1.54, 1.807) is 0 Å². The van der Waals surface area contributed by atoms with Crippen LogP contribution in [-0.4, -0.2) is 57.6 Å². The van der Waals surface area contributed by atoms with Crippen molar-refractivity contribution in [2.45, 2.75) is 52.2 Å². The molecule has 1 heterocycles. The highest BCUT2D eigenvalue weighted by Crippen LogP contribution is 2.13. The van der Waals surface area contributed by atoms with Gasteiger partial charge in [-0.05, 0) is 52.2 Å². The lowest BCUT2D eigenvalue weighted by atomic mass is 10.2. The average molecular weight is 378 g/mol. The molecule has 2 atom stereocenters. The van der Waals surface area contributed by atoms with Gasteiger partial charge in [0.05, 0.1) is 19.3 Å². The molecule has 0 amide bonds. The molecule has 2 unspecified atom stereocenters. The number of nitrogens with one attached hydrogen (secondary N) is 2.